The van der Waals surface area contributed by atoms with Gasteiger partial charge in [0.05, 0.1) is 30.3 Å². The third kappa shape index (κ3) is 6.30. The van der Waals surface area contributed by atoms with Gasteiger partial charge < -0.3 is 24.8 Å². The molecule has 186 valence electrons. The number of nitrogens with zero attached hydrogens (tertiary/aromatic N) is 5. The number of carboxylic acid groups (broad SMARTS) is 1. The van der Waals surface area contributed by atoms with Crippen molar-refractivity contribution in [2.24, 2.45) is 0 Å². The number of hydrogen-bond donors (Lipinski definition) is 4. The number of aromatic carboxylic acids is 1. The van der Waals surface area contributed by atoms with Gasteiger partial charge in [-0.2, -0.15) is 10.2 Å². The van der Waals surface area contributed by atoms with Crippen LogP contribution in [0.4, 0.5) is 0 Å². The largest absolute Gasteiger partial charge is 0.506 e. The van der Waals surface area contributed by atoms with E-state index in [4.69, 9.17) is 9.84 Å². The van der Waals surface area contributed by atoms with Crippen molar-refractivity contribution in [1.29, 1.82) is 0 Å². The number of pyridine rings is 2. The minimum Gasteiger partial charge on any atom is -0.506 e. The number of aromatic nitrogens is 6. The van der Waals surface area contributed by atoms with Crippen LogP contribution in [0.3, 0.4) is 0 Å². The molecule has 4 aromatic rings. The van der Waals surface area contributed by atoms with E-state index in [1.54, 1.807) is 0 Å². The summed E-state index contributed by atoms with van der Waals surface area (Å²) in [6.07, 6.45) is 2.51. The quantitative estimate of drug-likeness (QED) is 0.165. The molecule has 0 aliphatic carbocycles. The zero-order chi connectivity index (χ0) is 25.8. The van der Waals surface area contributed by atoms with Crippen LogP contribution in [0.2, 0.25) is 25.7 Å². The Morgan fingerprint density at radius 2 is 1.74 bits per heavy atom. The highest BCUT2D eigenvalue weighted by Crippen LogP contribution is 2.21. The number of H-pyrrole nitrogens is 1. The van der Waals surface area contributed by atoms with Crippen molar-refractivity contribution >= 4 is 42.1 Å². The molecule has 0 aliphatic heterocycles. The maximum atomic E-state index is 11.2. The van der Waals surface area contributed by atoms with Gasteiger partial charge >= 0.3 is 11.9 Å². The average Bonchev–Trinajstić information content (AvgIpc) is 3.37. The summed E-state index contributed by atoms with van der Waals surface area (Å²) < 4.78 is 11.5. The van der Waals surface area contributed by atoms with Gasteiger partial charge in [0.1, 0.15) is 18.2 Å². The normalized spacial score (nSPS) is 11.3. The minimum absolute atomic E-state index is 0.0240. The van der Waals surface area contributed by atoms with E-state index in [0.717, 1.165) is 6.04 Å². The average molecular weight is 503 g/mol. The number of fused-ring (bicyclic) bond motifs is 2. The van der Waals surface area contributed by atoms with E-state index in [0.29, 0.717) is 28.7 Å². The first-order chi connectivity index (χ1) is 16.5. The molecule has 0 saturated carbocycles. The van der Waals surface area contributed by atoms with Crippen LogP contribution in [0.15, 0.2) is 24.5 Å². The SMILES string of the molecule is COC(=O)c1[nH]nc2ncc(O)cc12.C[Si](C)(C)CCOCn1nc(C(=O)O)c2cc(O)cnc21. The van der Waals surface area contributed by atoms with E-state index < -0.39 is 20.0 Å². The maximum Gasteiger partial charge on any atom is 0.357 e. The van der Waals surface area contributed by atoms with E-state index in [9.17, 15) is 19.8 Å². The van der Waals surface area contributed by atoms with Crippen molar-refractivity contribution < 1.29 is 34.4 Å². The Bertz CT molecular complexity index is 1360. The van der Waals surface area contributed by atoms with E-state index in [1.807, 2.05) is 0 Å². The van der Waals surface area contributed by atoms with E-state index in [2.05, 4.69) is 49.6 Å². The highest BCUT2D eigenvalue weighted by Gasteiger charge is 2.19. The van der Waals surface area contributed by atoms with Gasteiger partial charge in [-0.1, -0.05) is 19.6 Å². The zero-order valence-corrected chi connectivity index (χ0v) is 20.6. The van der Waals surface area contributed by atoms with E-state index in [1.165, 1.54) is 36.3 Å². The van der Waals surface area contributed by atoms with Crippen LogP contribution in [0, 0.1) is 0 Å². The summed E-state index contributed by atoms with van der Waals surface area (Å²) in [5.41, 5.74) is 0.800. The fourth-order valence-corrected chi connectivity index (χ4v) is 3.73. The molecule has 0 bridgehead atoms. The highest BCUT2D eigenvalue weighted by atomic mass is 28.3. The number of aromatic amines is 1. The Morgan fingerprint density at radius 1 is 1.09 bits per heavy atom. The summed E-state index contributed by atoms with van der Waals surface area (Å²) in [5, 5.41) is 38.8. The van der Waals surface area contributed by atoms with E-state index in [-0.39, 0.29) is 29.6 Å². The number of carbonyl (C=O) groups is 2. The zero-order valence-electron chi connectivity index (χ0n) is 19.6. The first kappa shape index (κ1) is 25.6. The molecule has 0 amide bonds. The lowest BCUT2D eigenvalue weighted by atomic mass is 10.2. The van der Waals surface area contributed by atoms with Crippen molar-refractivity contribution in [2.75, 3.05) is 13.7 Å². The van der Waals surface area contributed by atoms with Crippen LogP contribution in [-0.4, -0.2) is 79.0 Å². The fourth-order valence-electron chi connectivity index (χ4n) is 2.97. The Balaban J connectivity index is 0.000000211. The van der Waals surface area contributed by atoms with Crippen molar-refractivity contribution in [2.45, 2.75) is 32.4 Å². The maximum absolute atomic E-state index is 11.2. The van der Waals surface area contributed by atoms with Crippen molar-refractivity contribution in [3.05, 3.63) is 35.9 Å². The third-order valence-electron chi connectivity index (χ3n) is 4.77. The molecule has 4 heterocycles. The number of carbonyl (C=O) groups excluding carboxylic acids is 1. The molecule has 0 atom stereocenters. The highest BCUT2D eigenvalue weighted by molar-refractivity contribution is 6.76. The topological polar surface area (TPSA) is 186 Å². The monoisotopic (exact) mass is 502 g/mol. The Labute approximate surface area is 200 Å². The number of rotatable bonds is 7. The molecule has 14 heteroatoms. The summed E-state index contributed by atoms with van der Waals surface area (Å²) in [5.74, 6) is -1.82. The molecule has 35 heavy (non-hydrogen) atoms. The summed E-state index contributed by atoms with van der Waals surface area (Å²) in [4.78, 5) is 30.2. The number of ether oxygens (including phenoxy) is 2. The summed E-state index contributed by atoms with van der Waals surface area (Å²) in [7, 11) is 0.102. The first-order valence-corrected chi connectivity index (χ1v) is 14.2. The van der Waals surface area contributed by atoms with E-state index >= 15 is 0 Å². The Kier molecular flexibility index (Phi) is 7.66. The Morgan fingerprint density at radius 3 is 2.37 bits per heavy atom. The van der Waals surface area contributed by atoms with Crippen molar-refractivity contribution in [3.8, 4) is 11.5 Å². The van der Waals surface area contributed by atoms with Gasteiger partial charge in [0, 0.05) is 14.7 Å². The Hall–Kier alpha value is -4.04. The summed E-state index contributed by atoms with van der Waals surface area (Å²) >= 11 is 0. The number of esters is 1. The van der Waals surface area contributed by atoms with Gasteiger partial charge in [0.15, 0.2) is 22.7 Å². The molecular weight excluding hydrogens is 476 g/mol. The van der Waals surface area contributed by atoms with Gasteiger partial charge in [-0.15, -0.1) is 0 Å². The van der Waals surface area contributed by atoms with Gasteiger partial charge in [-0.3, -0.25) is 5.10 Å². The molecule has 4 N–H and O–H groups in total. The molecule has 0 aliphatic rings. The van der Waals surface area contributed by atoms with Crippen LogP contribution < -0.4 is 0 Å². The molecule has 4 rings (SSSR count). The molecule has 0 unspecified atom stereocenters. The predicted octanol–water partition coefficient (Wildman–Crippen LogP) is 2.60. The van der Waals surface area contributed by atoms with Gasteiger partial charge in [0.2, 0.25) is 0 Å². The molecule has 0 fully saturated rings. The smallest absolute Gasteiger partial charge is 0.357 e. The lowest BCUT2D eigenvalue weighted by Gasteiger charge is -2.15. The second-order valence-corrected chi connectivity index (χ2v) is 14.3. The van der Waals surface area contributed by atoms with Crippen LogP contribution >= 0.6 is 0 Å². The number of methoxy groups -OCH3 is 1. The number of nitrogens with one attached hydrogen (secondary N) is 1. The standard InChI is InChI=1S/C13H19N3O4Si.C8H7N3O3/c1-21(2,3)5-4-20-8-16-12-10(6-9(17)7-14-12)11(15-16)13(18)19;1-14-8(13)6-5-2-4(12)3-9-7(5)11-10-6/h6-7,17H,4-5,8H2,1-3H3,(H,18,19);2-3,12H,1H3,(H,9,10,11). The number of carboxylic acids is 1. The van der Waals surface area contributed by atoms with Crippen molar-refractivity contribution in [3.63, 3.8) is 0 Å². The minimum atomic E-state index is -1.17. The van der Waals surface area contributed by atoms with Gasteiger partial charge in [0.25, 0.3) is 0 Å². The fraction of sp³-hybridized carbons (Fsp3) is 0.333. The molecule has 13 nitrogen and oxygen atoms in total. The number of aromatic hydroxyl groups is 2. The number of hydrogen-bond acceptors (Lipinski definition) is 10. The summed E-state index contributed by atoms with van der Waals surface area (Å²) in [6.45, 7) is 7.52. The van der Waals surface area contributed by atoms with Crippen LogP contribution in [0.1, 0.15) is 21.0 Å². The summed E-state index contributed by atoms with van der Waals surface area (Å²) in [6, 6.07) is 3.77. The molecule has 0 radical (unpaired) electrons. The van der Waals surface area contributed by atoms with Gasteiger partial charge in [-0.25, -0.2) is 24.2 Å². The lowest BCUT2D eigenvalue weighted by molar-refractivity contribution is 0.0595. The molecule has 0 spiro atoms. The van der Waals surface area contributed by atoms with Crippen LogP contribution in [-0.2, 0) is 16.2 Å². The first-order valence-electron chi connectivity index (χ1n) is 10.5. The lowest BCUT2D eigenvalue weighted by Crippen LogP contribution is -2.22. The van der Waals surface area contributed by atoms with Gasteiger partial charge in [-0.05, 0) is 18.2 Å². The van der Waals surface area contributed by atoms with Crippen molar-refractivity contribution in [1.82, 2.24) is 29.9 Å². The second kappa shape index (κ2) is 10.5. The predicted molar refractivity (Wildman–Crippen MR) is 127 cm³/mol. The second-order valence-electron chi connectivity index (χ2n) is 8.72. The molecular formula is C21H26N6O7Si. The van der Waals surface area contributed by atoms with Crippen LogP contribution in [0.5, 0.6) is 11.5 Å². The molecule has 4 aromatic heterocycles. The van der Waals surface area contributed by atoms with Crippen LogP contribution in [0.25, 0.3) is 22.1 Å². The molecule has 0 aromatic carbocycles. The molecule has 0 saturated heterocycles. The third-order valence-corrected chi connectivity index (χ3v) is 6.47.